The van der Waals surface area contributed by atoms with Gasteiger partial charge in [-0.25, -0.2) is 10.1 Å². The van der Waals surface area contributed by atoms with Crippen molar-refractivity contribution in [3.63, 3.8) is 0 Å². The summed E-state index contributed by atoms with van der Waals surface area (Å²) in [5.74, 6) is -0.383. The number of nitrogens with two attached hydrogens (primary N) is 1. The molecule has 0 atom stereocenters. The minimum Gasteiger partial charge on any atom is -0.378 e. The van der Waals surface area contributed by atoms with Crippen LogP contribution in [0.3, 0.4) is 0 Å². The molecular formula is C25H20N8O2. The zero-order valence-electron chi connectivity index (χ0n) is 18.7. The first-order valence-electron chi connectivity index (χ1n) is 10.7. The molecule has 0 aliphatic rings. The van der Waals surface area contributed by atoms with Gasteiger partial charge in [-0.2, -0.15) is 9.78 Å². The summed E-state index contributed by atoms with van der Waals surface area (Å²) in [5.41, 5.74) is 13.2. The first kappa shape index (κ1) is 21.7. The number of hydrazone groups is 1. The maximum atomic E-state index is 13.1. The third-order valence-electron chi connectivity index (χ3n) is 5.36. The van der Waals surface area contributed by atoms with E-state index in [-0.39, 0.29) is 17.3 Å². The lowest BCUT2D eigenvalue weighted by Gasteiger charge is -2.07. The van der Waals surface area contributed by atoms with Crippen molar-refractivity contribution in [2.24, 2.45) is 5.10 Å². The SMILES string of the molecule is C/C(=N/NC(=O)c1nnn(-c2nonc2N)c1-c1ccccc1)c1ccc(-c2ccccc2)cc1. The lowest BCUT2D eigenvalue weighted by atomic mass is 10.0. The fourth-order valence-corrected chi connectivity index (χ4v) is 3.56. The molecule has 0 fully saturated rings. The molecule has 3 N–H and O–H groups in total. The molecule has 0 saturated carbocycles. The van der Waals surface area contributed by atoms with Crippen LogP contribution in [-0.4, -0.2) is 36.9 Å². The van der Waals surface area contributed by atoms with Gasteiger partial charge in [0, 0.05) is 5.56 Å². The van der Waals surface area contributed by atoms with Gasteiger partial charge in [-0.05, 0) is 33.9 Å². The van der Waals surface area contributed by atoms with E-state index in [0.717, 1.165) is 16.7 Å². The molecule has 10 nitrogen and oxygen atoms in total. The number of hydrogen-bond donors (Lipinski definition) is 2. The first-order chi connectivity index (χ1) is 17.1. The Morgan fingerprint density at radius 2 is 1.51 bits per heavy atom. The molecule has 0 unspecified atom stereocenters. The molecule has 35 heavy (non-hydrogen) atoms. The maximum absolute atomic E-state index is 13.1. The van der Waals surface area contributed by atoms with Gasteiger partial charge in [-0.3, -0.25) is 4.79 Å². The summed E-state index contributed by atoms with van der Waals surface area (Å²) in [7, 11) is 0. The smallest absolute Gasteiger partial charge is 0.294 e. The van der Waals surface area contributed by atoms with Crippen LogP contribution >= 0.6 is 0 Å². The lowest BCUT2D eigenvalue weighted by molar-refractivity contribution is 0.0950. The second-order valence-electron chi connectivity index (χ2n) is 7.62. The number of nitrogens with one attached hydrogen (secondary N) is 1. The predicted octanol–water partition coefficient (Wildman–Crippen LogP) is 3.72. The van der Waals surface area contributed by atoms with E-state index in [4.69, 9.17) is 5.73 Å². The highest BCUT2D eigenvalue weighted by Gasteiger charge is 2.25. The number of benzene rings is 3. The monoisotopic (exact) mass is 464 g/mol. The van der Waals surface area contributed by atoms with E-state index in [2.05, 4.69) is 47.9 Å². The van der Waals surface area contributed by atoms with E-state index in [1.807, 2.05) is 79.7 Å². The number of rotatable bonds is 6. The van der Waals surface area contributed by atoms with Gasteiger partial charge < -0.3 is 5.73 Å². The zero-order chi connectivity index (χ0) is 24.2. The fraction of sp³-hybridized carbons (Fsp3) is 0.0400. The van der Waals surface area contributed by atoms with Crippen LogP contribution in [0.1, 0.15) is 23.0 Å². The Bertz CT molecular complexity index is 1490. The minimum atomic E-state index is -0.537. The number of nitrogens with zero attached hydrogens (tertiary/aromatic N) is 6. The van der Waals surface area contributed by atoms with Gasteiger partial charge in [0.2, 0.25) is 11.6 Å². The summed E-state index contributed by atoms with van der Waals surface area (Å²) >= 11 is 0. The summed E-state index contributed by atoms with van der Waals surface area (Å²) < 4.78 is 6.00. The van der Waals surface area contributed by atoms with Crippen LogP contribution in [0, 0.1) is 0 Å². The number of nitrogen functional groups attached to an aromatic ring is 1. The van der Waals surface area contributed by atoms with Crippen LogP contribution in [0.5, 0.6) is 0 Å². The third-order valence-corrected chi connectivity index (χ3v) is 5.36. The minimum absolute atomic E-state index is 0.0202. The first-order valence-corrected chi connectivity index (χ1v) is 10.7. The van der Waals surface area contributed by atoms with Crippen LogP contribution in [0.4, 0.5) is 5.82 Å². The molecule has 0 aliphatic heterocycles. The standard InChI is InChI=1S/C25H20N8O2/c1-16(17-12-14-19(15-13-17)18-8-4-2-5-9-18)27-29-25(34)21-22(20-10-6-3-7-11-20)33(32-28-21)24-23(26)30-35-31-24/h2-15H,1H3,(H2,26,30)(H,29,34)/b27-16-. The van der Waals surface area contributed by atoms with Crippen molar-refractivity contribution in [1.29, 1.82) is 0 Å². The molecule has 172 valence electrons. The Kier molecular flexibility index (Phi) is 5.83. The van der Waals surface area contributed by atoms with Crippen molar-refractivity contribution in [2.75, 3.05) is 5.73 Å². The molecule has 0 bridgehead atoms. The van der Waals surface area contributed by atoms with Crippen LogP contribution in [0.25, 0.3) is 28.2 Å². The highest BCUT2D eigenvalue weighted by molar-refractivity contribution is 6.02. The van der Waals surface area contributed by atoms with Crippen molar-refractivity contribution in [3.8, 4) is 28.2 Å². The van der Waals surface area contributed by atoms with Crippen LogP contribution in [0.2, 0.25) is 0 Å². The van der Waals surface area contributed by atoms with Crippen molar-refractivity contribution >= 4 is 17.4 Å². The van der Waals surface area contributed by atoms with Crippen LogP contribution in [-0.2, 0) is 0 Å². The Hall–Kier alpha value is -5.12. The topological polar surface area (TPSA) is 137 Å². The number of amides is 1. The Morgan fingerprint density at radius 1 is 0.886 bits per heavy atom. The number of carbonyl (C=O) groups is 1. The zero-order valence-corrected chi connectivity index (χ0v) is 18.7. The van der Waals surface area contributed by atoms with E-state index >= 15 is 0 Å². The van der Waals surface area contributed by atoms with Crippen molar-refractivity contribution in [1.82, 2.24) is 30.7 Å². The summed E-state index contributed by atoms with van der Waals surface area (Å²) in [6.45, 7) is 1.81. The lowest BCUT2D eigenvalue weighted by Crippen LogP contribution is -2.21. The number of carbonyl (C=O) groups excluding carboxylic acids is 1. The Labute approximate surface area is 200 Å². The second kappa shape index (κ2) is 9.40. The maximum Gasteiger partial charge on any atom is 0.294 e. The van der Waals surface area contributed by atoms with Crippen LogP contribution in [0.15, 0.2) is 94.7 Å². The van der Waals surface area contributed by atoms with Crippen molar-refractivity contribution in [2.45, 2.75) is 6.92 Å². The van der Waals surface area contributed by atoms with E-state index in [1.54, 1.807) is 0 Å². The summed E-state index contributed by atoms with van der Waals surface area (Å²) in [4.78, 5) is 13.1. The van der Waals surface area contributed by atoms with E-state index in [1.165, 1.54) is 4.68 Å². The van der Waals surface area contributed by atoms with Crippen molar-refractivity contribution in [3.05, 3.63) is 96.2 Å². The molecule has 0 radical (unpaired) electrons. The van der Waals surface area contributed by atoms with E-state index < -0.39 is 5.91 Å². The molecule has 1 amide bonds. The van der Waals surface area contributed by atoms with Crippen molar-refractivity contribution < 1.29 is 9.42 Å². The number of hydrogen-bond acceptors (Lipinski definition) is 8. The number of anilines is 1. The Balaban J connectivity index is 1.41. The number of aromatic nitrogens is 5. The van der Waals surface area contributed by atoms with E-state index in [0.29, 0.717) is 17.0 Å². The van der Waals surface area contributed by atoms with E-state index in [9.17, 15) is 4.79 Å². The molecule has 5 aromatic rings. The predicted molar refractivity (Wildman–Crippen MR) is 131 cm³/mol. The molecule has 0 saturated heterocycles. The average Bonchev–Trinajstić information content (AvgIpc) is 3.54. The quantitative estimate of drug-likeness (QED) is 0.289. The average molecular weight is 464 g/mol. The van der Waals surface area contributed by atoms with Gasteiger partial charge in [-0.15, -0.1) is 5.10 Å². The molecule has 5 rings (SSSR count). The second-order valence-corrected chi connectivity index (χ2v) is 7.62. The highest BCUT2D eigenvalue weighted by atomic mass is 16.6. The largest absolute Gasteiger partial charge is 0.378 e. The highest BCUT2D eigenvalue weighted by Crippen LogP contribution is 2.26. The fourth-order valence-electron chi connectivity index (χ4n) is 3.56. The van der Waals surface area contributed by atoms with Gasteiger partial charge >= 0.3 is 0 Å². The third kappa shape index (κ3) is 4.40. The molecule has 3 aromatic carbocycles. The van der Waals surface area contributed by atoms with Gasteiger partial charge in [0.05, 0.1) is 5.71 Å². The normalized spacial score (nSPS) is 11.4. The molecule has 0 aliphatic carbocycles. The van der Waals surface area contributed by atoms with Gasteiger partial charge in [0.15, 0.2) is 5.69 Å². The summed E-state index contributed by atoms with van der Waals surface area (Å²) in [5, 5.41) is 19.7. The molecule has 0 spiro atoms. The van der Waals surface area contributed by atoms with Gasteiger partial charge in [-0.1, -0.05) is 90.1 Å². The van der Waals surface area contributed by atoms with Gasteiger partial charge in [0.1, 0.15) is 5.69 Å². The molecule has 2 heterocycles. The van der Waals surface area contributed by atoms with Crippen LogP contribution < -0.4 is 11.2 Å². The molecule has 10 heteroatoms. The molecule has 2 aromatic heterocycles. The summed E-state index contributed by atoms with van der Waals surface area (Å²) in [6, 6.07) is 27.2. The Morgan fingerprint density at radius 3 is 2.14 bits per heavy atom. The summed E-state index contributed by atoms with van der Waals surface area (Å²) in [6.07, 6.45) is 0. The van der Waals surface area contributed by atoms with Gasteiger partial charge in [0.25, 0.3) is 5.91 Å². The molecular weight excluding hydrogens is 444 g/mol.